The van der Waals surface area contributed by atoms with Crippen LogP contribution in [0.2, 0.25) is 0 Å². The van der Waals surface area contributed by atoms with Gasteiger partial charge in [0.15, 0.2) is 9.84 Å². The third-order valence-corrected chi connectivity index (χ3v) is 6.39. The number of nitrogens with zero attached hydrogens (tertiary/aromatic N) is 1. The summed E-state index contributed by atoms with van der Waals surface area (Å²) in [5.41, 5.74) is 0.836. The molecule has 158 valence electrons. The van der Waals surface area contributed by atoms with Gasteiger partial charge in [-0.25, -0.2) is 12.8 Å². The number of piperidine rings is 1. The molecule has 1 aliphatic rings. The molecule has 1 aliphatic heterocycles. The van der Waals surface area contributed by atoms with Crippen LogP contribution in [0.4, 0.5) is 4.39 Å². The first-order chi connectivity index (χ1) is 13.6. The summed E-state index contributed by atoms with van der Waals surface area (Å²) in [5.74, 6) is 1.33. The van der Waals surface area contributed by atoms with Crippen LogP contribution in [0, 0.1) is 5.92 Å². The highest BCUT2D eigenvalue weighted by atomic mass is 32.2. The summed E-state index contributed by atoms with van der Waals surface area (Å²) in [5, 5.41) is 0. The van der Waals surface area contributed by atoms with Gasteiger partial charge in [-0.1, -0.05) is 24.3 Å². The van der Waals surface area contributed by atoms with Gasteiger partial charge in [0, 0.05) is 12.8 Å². The summed E-state index contributed by atoms with van der Waals surface area (Å²) >= 11 is 0. The van der Waals surface area contributed by atoms with Crippen LogP contribution in [0.15, 0.2) is 53.4 Å². The first-order valence-corrected chi connectivity index (χ1v) is 11.9. The van der Waals surface area contributed by atoms with E-state index in [1.54, 1.807) is 26.0 Å². The number of likely N-dealkylation sites (tertiary alicyclic amines) is 1. The standard InChI is InChI=1S/C23H30FNO3S/c1-23(2,24)17-25-14-12-18(13-15-25)16-28-21-8-4-19(5-9-21)20-6-10-22(11-7-20)29(3,26)27/h4-11,18H,12-17H2,1-3H3. The van der Waals surface area contributed by atoms with Crippen LogP contribution in [0.1, 0.15) is 26.7 Å². The van der Waals surface area contributed by atoms with Gasteiger partial charge in [-0.15, -0.1) is 0 Å². The zero-order valence-corrected chi connectivity index (χ0v) is 18.2. The molecule has 1 heterocycles. The molecule has 0 spiro atoms. The molecule has 0 saturated carbocycles. The number of rotatable bonds is 7. The van der Waals surface area contributed by atoms with E-state index in [9.17, 15) is 12.8 Å². The average Bonchev–Trinajstić information content (AvgIpc) is 2.66. The van der Waals surface area contributed by atoms with Gasteiger partial charge in [0.2, 0.25) is 0 Å². The van der Waals surface area contributed by atoms with Crippen LogP contribution in [0.25, 0.3) is 11.1 Å². The van der Waals surface area contributed by atoms with Crippen molar-refractivity contribution in [2.24, 2.45) is 5.92 Å². The molecule has 0 aromatic heterocycles. The minimum absolute atomic E-state index is 0.322. The van der Waals surface area contributed by atoms with Crippen molar-refractivity contribution < 1.29 is 17.5 Å². The van der Waals surface area contributed by atoms with Crippen molar-refractivity contribution >= 4 is 9.84 Å². The van der Waals surface area contributed by atoms with Crippen molar-refractivity contribution in [1.82, 2.24) is 4.90 Å². The van der Waals surface area contributed by atoms with Gasteiger partial charge in [0.05, 0.1) is 11.5 Å². The Kier molecular flexibility index (Phi) is 6.64. The third kappa shape index (κ3) is 6.54. The zero-order valence-electron chi connectivity index (χ0n) is 17.4. The molecule has 0 radical (unpaired) electrons. The van der Waals surface area contributed by atoms with E-state index in [0.717, 1.165) is 42.8 Å². The minimum Gasteiger partial charge on any atom is -0.493 e. The molecule has 0 amide bonds. The Morgan fingerprint density at radius 3 is 2.00 bits per heavy atom. The smallest absolute Gasteiger partial charge is 0.175 e. The first-order valence-electron chi connectivity index (χ1n) is 10.0. The van der Waals surface area contributed by atoms with Gasteiger partial charge < -0.3 is 9.64 Å². The lowest BCUT2D eigenvalue weighted by Gasteiger charge is -2.34. The first kappa shape index (κ1) is 21.8. The van der Waals surface area contributed by atoms with Gasteiger partial charge in [0.1, 0.15) is 11.4 Å². The number of hydrogen-bond acceptors (Lipinski definition) is 4. The van der Waals surface area contributed by atoms with E-state index in [2.05, 4.69) is 4.90 Å². The fourth-order valence-corrected chi connectivity index (χ4v) is 4.33. The highest BCUT2D eigenvalue weighted by molar-refractivity contribution is 7.90. The quantitative estimate of drug-likeness (QED) is 0.658. The van der Waals surface area contributed by atoms with E-state index in [4.69, 9.17) is 4.74 Å². The van der Waals surface area contributed by atoms with E-state index >= 15 is 0 Å². The number of benzene rings is 2. The van der Waals surface area contributed by atoms with Crippen LogP contribution >= 0.6 is 0 Å². The lowest BCUT2D eigenvalue weighted by atomic mass is 9.97. The second-order valence-corrected chi connectivity index (χ2v) is 10.6. The van der Waals surface area contributed by atoms with Gasteiger partial charge in [0.25, 0.3) is 0 Å². The number of halogens is 1. The zero-order chi connectivity index (χ0) is 21.1. The third-order valence-electron chi connectivity index (χ3n) is 5.26. The molecule has 2 aromatic carbocycles. The second-order valence-electron chi connectivity index (χ2n) is 8.57. The molecule has 4 nitrogen and oxygen atoms in total. The highest BCUT2D eigenvalue weighted by Gasteiger charge is 2.25. The average molecular weight is 420 g/mol. The maximum absolute atomic E-state index is 13.8. The largest absolute Gasteiger partial charge is 0.493 e. The number of hydrogen-bond donors (Lipinski definition) is 0. The van der Waals surface area contributed by atoms with E-state index in [1.165, 1.54) is 6.26 Å². The Labute approximate surface area is 173 Å². The summed E-state index contributed by atoms with van der Waals surface area (Å²) < 4.78 is 42.9. The van der Waals surface area contributed by atoms with Gasteiger partial charge in [-0.3, -0.25) is 0 Å². The molecule has 0 aliphatic carbocycles. The maximum Gasteiger partial charge on any atom is 0.175 e. The lowest BCUT2D eigenvalue weighted by Crippen LogP contribution is -2.41. The van der Waals surface area contributed by atoms with Crippen molar-refractivity contribution in [2.45, 2.75) is 37.3 Å². The van der Waals surface area contributed by atoms with E-state index in [1.807, 2.05) is 36.4 Å². The van der Waals surface area contributed by atoms with E-state index < -0.39 is 15.5 Å². The van der Waals surface area contributed by atoms with Crippen LogP contribution < -0.4 is 4.74 Å². The molecule has 3 rings (SSSR count). The van der Waals surface area contributed by atoms with Gasteiger partial charge in [-0.05, 0) is 81.1 Å². The number of ether oxygens (including phenoxy) is 1. The Bertz CT molecular complexity index is 895. The fraction of sp³-hybridized carbons (Fsp3) is 0.478. The fourth-order valence-electron chi connectivity index (χ4n) is 3.70. The summed E-state index contributed by atoms with van der Waals surface area (Å²) in [7, 11) is -3.18. The Balaban J connectivity index is 1.50. The van der Waals surface area contributed by atoms with Crippen molar-refractivity contribution in [2.75, 3.05) is 32.5 Å². The van der Waals surface area contributed by atoms with Crippen molar-refractivity contribution in [3.63, 3.8) is 0 Å². The Morgan fingerprint density at radius 2 is 1.52 bits per heavy atom. The summed E-state index contributed by atoms with van der Waals surface area (Å²) in [4.78, 5) is 2.52. The predicted molar refractivity (Wildman–Crippen MR) is 115 cm³/mol. The van der Waals surface area contributed by atoms with Gasteiger partial charge >= 0.3 is 0 Å². The highest BCUT2D eigenvalue weighted by Crippen LogP contribution is 2.25. The van der Waals surface area contributed by atoms with Crippen LogP contribution in [0.5, 0.6) is 5.75 Å². The van der Waals surface area contributed by atoms with Crippen molar-refractivity contribution in [1.29, 1.82) is 0 Å². The molecule has 0 unspecified atom stereocenters. The topological polar surface area (TPSA) is 46.6 Å². The Morgan fingerprint density at radius 1 is 1.00 bits per heavy atom. The molecule has 29 heavy (non-hydrogen) atoms. The monoisotopic (exact) mass is 419 g/mol. The van der Waals surface area contributed by atoms with Crippen LogP contribution in [-0.4, -0.2) is 51.5 Å². The normalized spacial score (nSPS) is 16.7. The summed E-state index contributed by atoms with van der Waals surface area (Å²) in [6, 6.07) is 14.8. The molecule has 1 saturated heterocycles. The lowest BCUT2D eigenvalue weighted by molar-refractivity contribution is 0.0836. The summed E-state index contributed by atoms with van der Waals surface area (Å²) in [6.45, 7) is 6.27. The van der Waals surface area contributed by atoms with Crippen LogP contribution in [0.3, 0.4) is 0 Å². The molecule has 1 fully saturated rings. The molecule has 2 aromatic rings. The molecule has 0 bridgehead atoms. The Hall–Kier alpha value is -1.92. The van der Waals surface area contributed by atoms with Gasteiger partial charge in [-0.2, -0.15) is 0 Å². The number of sulfone groups is 1. The number of alkyl halides is 1. The predicted octanol–water partition coefficient (Wildman–Crippen LogP) is 4.60. The van der Waals surface area contributed by atoms with E-state index in [0.29, 0.717) is 24.0 Å². The van der Waals surface area contributed by atoms with Crippen LogP contribution in [-0.2, 0) is 9.84 Å². The van der Waals surface area contributed by atoms with Crippen molar-refractivity contribution in [3.05, 3.63) is 48.5 Å². The maximum atomic E-state index is 13.8. The minimum atomic E-state index is -3.18. The molecular formula is C23H30FNO3S. The van der Waals surface area contributed by atoms with Crippen molar-refractivity contribution in [3.8, 4) is 16.9 Å². The summed E-state index contributed by atoms with van der Waals surface area (Å²) in [6.07, 6.45) is 3.27. The van der Waals surface area contributed by atoms with E-state index in [-0.39, 0.29) is 0 Å². The molecule has 6 heteroatoms. The SMILES string of the molecule is CC(C)(F)CN1CCC(COc2ccc(-c3ccc(S(C)(=O)=O)cc3)cc2)CC1. The second kappa shape index (κ2) is 8.84. The molecular weight excluding hydrogens is 389 g/mol. The molecule has 0 atom stereocenters. The molecule has 0 N–H and O–H groups in total.